The fourth-order valence-electron chi connectivity index (χ4n) is 2.81. The van der Waals surface area contributed by atoms with Gasteiger partial charge in [0.1, 0.15) is 11.3 Å². The Morgan fingerprint density at radius 1 is 1.30 bits per heavy atom. The van der Waals surface area contributed by atoms with E-state index in [9.17, 15) is 8.78 Å². The molecule has 2 nitrogen and oxygen atoms in total. The van der Waals surface area contributed by atoms with E-state index in [2.05, 4.69) is 16.6 Å². The summed E-state index contributed by atoms with van der Waals surface area (Å²) < 4.78 is 27.1. The molecule has 0 aliphatic heterocycles. The van der Waals surface area contributed by atoms with E-state index in [0.717, 1.165) is 24.6 Å². The van der Waals surface area contributed by atoms with Crippen LogP contribution >= 0.6 is 11.8 Å². The van der Waals surface area contributed by atoms with E-state index >= 15 is 0 Å². The molecule has 3 rings (SSSR count). The summed E-state index contributed by atoms with van der Waals surface area (Å²) in [4.78, 5) is 4.00. The number of thioether (sulfide) groups is 1. The van der Waals surface area contributed by atoms with Crippen molar-refractivity contribution in [2.45, 2.75) is 30.6 Å². The average molecular weight is 294 g/mol. The summed E-state index contributed by atoms with van der Waals surface area (Å²) in [5, 5.41) is 4.60. The number of hydrogen-bond donors (Lipinski definition) is 1. The predicted molar refractivity (Wildman–Crippen MR) is 80.2 cm³/mol. The van der Waals surface area contributed by atoms with Crippen LogP contribution in [0.25, 0.3) is 10.9 Å². The molecule has 1 aliphatic rings. The van der Waals surface area contributed by atoms with Crippen LogP contribution in [0.1, 0.15) is 19.3 Å². The number of halogens is 2. The molecule has 106 valence electrons. The smallest absolute Gasteiger partial charge is 0.152 e. The Kier molecular flexibility index (Phi) is 3.78. The van der Waals surface area contributed by atoms with Crippen LogP contribution in [0.2, 0.25) is 0 Å². The zero-order valence-electron chi connectivity index (χ0n) is 11.2. The van der Waals surface area contributed by atoms with Gasteiger partial charge in [0.25, 0.3) is 0 Å². The Bertz CT molecular complexity index is 633. The van der Waals surface area contributed by atoms with E-state index < -0.39 is 11.6 Å². The molecule has 2 atom stereocenters. The highest BCUT2D eigenvalue weighted by atomic mass is 32.2. The first kappa shape index (κ1) is 13.6. The number of rotatable bonds is 3. The summed E-state index contributed by atoms with van der Waals surface area (Å²) in [7, 11) is 0. The second-order valence-corrected chi connectivity index (χ2v) is 6.29. The van der Waals surface area contributed by atoms with Gasteiger partial charge < -0.3 is 5.32 Å². The molecule has 1 saturated carbocycles. The van der Waals surface area contributed by atoms with Crippen molar-refractivity contribution in [1.82, 2.24) is 4.98 Å². The van der Waals surface area contributed by atoms with Crippen LogP contribution in [0.4, 0.5) is 14.5 Å². The number of pyridine rings is 1. The summed E-state index contributed by atoms with van der Waals surface area (Å²) in [5.41, 5.74) is 0.982. The second-order valence-electron chi connectivity index (χ2n) is 5.15. The van der Waals surface area contributed by atoms with Gasteiger partial charge in [0.05, 0.1) is 0 Å². The van der Waals surface area contributed by atoms with Crippen molar-refractivity contribution in [1.29, 1.82) is 0 Å². The van der Waals surface area contributed by atoms with Crippen LogP contribution in [0.15, 0.2) is 24.4 Å². The number of fused-ring (bicyclic) bond motifs is 1. The third-order valence-corrected chi connectivity index (χ3v) is 4.94. The quantitative estimate of drug-likeness (QED) is 0.918. The predicted octanol–water partition coefficient (Wildman–Crippen LogP) is 4.21. The number of hydrogen-bond acceptors (Lipinski definition) is 3. The Hall–Kier alpha value is -1.36. The maximum atomic E-state index is 13.7. The Morgan fingerprint density at radius 3 is 2.90 bits per heavy atom. The maximum absolute atomic E-state index is 13.7. The summed E-state index contributed by atoms with van der Waals surface area (Å²) in [5.74, 6) is -1.18. The molecule has 1 aliphatic carbocycles. The zero-order chi connectivity index (χ0) is 14.1. The van der Waals surface area contributed by atoms with Crippen molar-refractivity contribution in [2.75, 3.05) is 11.6 Å². The van der Waals surface area contributed by atoms with Crippen LogP contribution in [-0.4, -0.2) is 22.5 Å². The molecule has 20 heavy (non-hydrogen) atoms. The van der Waals surface area contributed by atoms with E-state index in [-0.39, 0.29) is 5.52 Å². The first-order valence-corrected chi connectivity index (χ1v) is 7.99. The molecule has 1 heterocycles. The third kappa shape index (κ3) is 2.59. The van der Waals surface area contributed by atoms with E-state index in [1.807, 2.05) is 11.8 Å². The summed E-state index contributed by atoms with van der Waals surface area (Å²) in [6.07, 6.45) is 7.05. The van der Waals surface area contributed by atoms with Gasteiger partial charge in [-0.3, -0.25) is 4.98 Å². The average Bonchev–Trinajstić information content (AvgIpc) is 2.87. The number of benzene rings is 1. The lowest BCUT2D eigenvalue weighted by Crippen LogP contribution is -2.16. The number of anilines is 1. The first-order valence-electron chi connectivity index (χ1n) is 6.70. The SMILES string of the molecule is CSC1CCC(Nc2ccnc3c(F)cc(F)cc23)C1. The second kappa shape index (κ2) is 5.56. The van der Waals surface area contributed by atoms with Crippen LogP contribution in [0, 0.1) is 11.6 Å². The van der Waals surface area contributed by atoms with Crippen molar-refractivity contribution >= 4 is 28.4 Å². The van der Waals surface area contributed by atoms with Crippen molar-refractivity contribution in [3.05, 3.63) is 36.0 Å². The first-order chi connectivity index (χ1) is 9.67. The Labute approximate surface area is 121 Å². The lowest BCUT2D eigenvalue weighted by atomic mass is 10.1. The molecule has 1 aromatic carbocycles. The van der Waals surface area contributed by atoms with Gasteiger partial charge in [0.2, 0.25) is 0 Å². The van der Waals surface area contributed by atoms with Gasteiger partial charge in [-0.15, -0.1) is 0 Å². The topological polar surface area (TPSA) is 24.9 Å². The van der Waals surface area contributed by atoms with E-state index in [4.69, 9.17) is 0 Å². The lowest BCUT2D eigenvalue weighted by molar-refractivity contribution is 0.590. The highest BCUT2D eigenvalue weighted by molar-refractivity contribution is 7.99. The van der Waals surface area contributed by atoms with Gasteiger partial charge in [-0.2, -0.15) is 11.8 Å². The summed E-state index contributed by atoms with van der Waals surface area (Å²) in [6, 6.07) is 4.37. The molecular weight excluding hydrogens is 278 g/mol. The highest BCUT2D eigenvalue weighted by Gasteiger charge is 2.24. The molecule has 1 aromatic heterocycles. The maximum Gasteiger partial charge on any atom is 0.152 e. The van der Waals surface area contributed by atoms with Crippen LogP contribution in [0.5, 0.6) is 0 Å². The summed E-state index contributed by atoms with van der Waals surface area (Å²) in [6.45, 7) is 0. The van der Waals surface area contributed by atoms with Gasteiger partial charge in [-0.1, -0.05) is 0 Å². The number of nitrogens with zero attached hydrogens (tertiary/aromatic N) is 1. The van der Waals surface area contributed by atoms with E-state index in [0.29, 0.717) is 16.7 Å². The molecule has 2 unspecified atom stereocenters. The Balaban J connectivity index is 1.92. The molecule has 2 aromatic rings. The van der Waals surface area contributed by atoms with E-state index in [1.165, 1.54) is 12.5 Å². The fourth-order valence-corrected chi connectivity index (χ4v) is 3.61. The molecular formula is C15H16F2N2S. The molecule has 0 saturated heterocycles. The van der Waals surface area contributed by atoms with Crippen molar-refractivity contribution in [3.63, 3.8) is 0 Å². The zero-order valence-corrected chi connectivity index (χ0v) is 12.0. The van der Waals surface area contributed by atoms with Crippen LogP contribution < -0.4 is 5.32 Å². The van der Waals surface area contributed by atoms with Gasteiger partial charge in [-0.05, 0) is 37.7 Å². The monoisotopic (exact) mass is 294 g/mol. The van der Waals surface area contributed by atoms with E-state index in [1.54, 1.807) is 12.3 Å². The molecule has 0 spiro atoms. The number of nitrogens with one attached hydrogen (secondary N) is 1. The minimum absolute atomic E-state index is 0.218. The van der Waals surface area contributed by atoms with Crippen molar-refractivity contribution in [2.24, 2.45) is 0 Å². The van der Waals surface area contributed by atoms with Crippen LogP contribution in [-0.2, 0) is 0 Å². The largest absolute Gasteiger partial charge is 0.382 e. The molecule has 5 heteroatoms. The van der Waals surface area contributed by atoms with Crippen molar-refractivity contribution < 1.29 is 8.78 Å². The van der Waals surface area contributed by atoms with Gasteiger partial charge in [-0.25, -0.2) is 8.78 Å². The third-order valence-electron chi connectivity index (χ3n) is 3.84. The molecule has 0 radical (unpaired) electrons. The molecule has 0 bridgehead atoms. The van der Waals surface area contributed by atoms with Gasteiger partial charge in [0, 0.05) is 34.6 Å². The van der Waals surface area contributed by atoms with Gasteiger partial charge in [0.15, 0.2) is 5.82 Å². The van der Waals surface area contributed by atoms with Crippen LogP contribution in [0.3, 0.4) is 0 Å². The van der Waals surface area contributed by atoms with Gasteiger partial charge >= 0.3 is 0 Å². The summed E-state index contributed by atoms with van der Waals surface area (Å²) >= 11 is 1.88. The minimum Gasteiger partial charge on any atom is -0.382 e. The molecule has 1 fully saturated rings. The lowest BCUT2D eigenvalue weighted by Gasteiger charge is -2.16. The standard InChI is InChI=1S/C15H16F2N2S/c1-20-11-3-2-10(8-11)19-14-4-5-18-15-12(14)6-9(16)7-13(15)17/h4-7,10-11H,2-3,8H2,1H3,(H,18,19). The highest BCUT2D eigenvalue weighted by Crippen LogP contribution is 2.32. The fraction of sp³-hybridized carbons (Fsp3) is 0.400. The number of aromatic nitrogens is 1. The molecule has 0 amide bonds. The normalized spacial score (nSPS) is 22.4. The Morgan fingerprint density at radius 2 is 2.15 bits per heavy atom. The van der Waals surface area contributed by atoms with Crippen molar-refractivity contribution in [3.8, 4) is 0 Å². The molecule has 1 N–H and O–H groups in total. The minimum atomic E-state index is -0.614.